The fourth-order valence-electron chi connectivity index (χ4n) is 2.14. The summed E-state index contributed by atoms with van der Waals surface area (Å²) in [4.78, 5) is 23.7. The Morgan fingerprint density at radius 2 is 2.11 bits per heavy atom. The van der Waals surface area contributed by atoms with Gasteiger partial charge in [0.2, 0.25) is 0 Å². The number of hydrazine groups is 1. The molecule has 5 nitrogen and oxygen atoms in total. The molecule has 0 spiro atoms. The Labute approximate surface area is 120 Å². The van der Waals surface area contributed by atoms with Gasteiger partial charge in [0.05, 0.1) is 11.1 Å². The lowest BCUT2D eigenvalue weighted by Crippen LogP contribution is -2.43. The van der Waals surface area contributed by atoms with Crippen LogP contribution in [0.15, 0.2) is 18.2 Å². The van der Waals surface area contributed by atoms with Crippen LogP contribution in [-0.4, -0.2) is 24.3 Å². The molecule has 1 aromatic carbocycles. The molecule has 1 aromatic rings. The quantitative estimate of drug-likeness (QED) is 0.338. The van der Waals surface area contributed by atoms with Crippen molar-refractivity contribution in [2.24, 2.45) is 11.8 Å². The van der Waals surface area contributed by atoms with Crippen molar-refractivity contribution in [3.63, 3.8) is 0 Å². The molecule has 0 aliphatic carbocycles. The molecule has 0 aromatic heterocycles. The molecule has 0 saturated carbocycles. The van der Waals surface area contributed by atoms with E-state index in [-0.39, 0.29) is 17.6 Å². The van der Waals surface area contributed by atoms with Crippen LogP contribution in [0.25, 0.3) is 0 Å². The third-order valence-corrected chi connectivity index (χ3v) is 3.70. The number of carbonyl (C=O) groups is 2. The summed E-state index contributed by atoms with van der Waals surface area (Å²) in [5.41, 5.74) is 2.49. The highest BCUT2D eigenvalue weighted by atomic mass is 35.5. The number of benzene rings is 1. The van der Waals surface area contributed by atoms with Crippen LogP contribution in [0.5, 0.6) is 0 Å². The zero-order chi connectivity index (χ0) is 14.0. The van der Waals surface area contributed by atoms with Gasteiger partial charge in [-0.25, -0.2) is 5.84 Å². The topological polar surface area (TPSA) is 84.2 Å². The van der Waals surface area contributed by atoms with Crippen LogP contribution in [0.3, 0.4) is 0 Å². The van der Waals surface area contributed by atoms with E-state index in [0.717, 1.165) is 0 Å². The summed E-state index contributed by atoms with van der Waals surface area (Å²) in [6.07, 6.45) is 0.404. The van der Waals surface area contributed by atoms with Crippen LogP contribution < -0.4 is 16.6 Å². The fourth-order valence-corrected chi connectivity index (χ4v) is 2.65. The second-order valence-electron chi connectivity index (χ2n) is 4.39. The second-order valence-corrected chi connectivity index (χ2v) is 5.23. The first-order valence-corrected chi connectivity index (χ1v) is 6.51. The molecule has 2 rings (SSSR count). The van der Waals surface area contributed by atoms with Gasteiger partial charge in [-0.05, 0) is 24.6 Å². The number of halogens is 2. The van der Waals surface area contributed by atoms with Crippen LogP contribution in [-0.2, 0) is 4.79 Å². The van der Waals surface area contributed by atoms with Gasteiger partial charge in [0.25, 0.3) is 5.91 Å². The molecule has 1 aliphatic heterocycles. The number of rotatable bonds is 3. The number of ketones is 1. The fraction of sp³-hybridized carbons (Fsp3) is 0.333. The van der Waals surface area contributed by atoms with Crippen LogP contribution >= 0.6 is 23.2 Å². The number of hydrogen-bond acceptors (Lipinski definition) is 4. The van der Waals surface area contributed by atoms with Gasteiger partial charge in [-0.2, -0.15) is 0 Å². The molecule has 0 bridgehead atoms. The highest BCUT2D eigenvalue weighted by molar-refractivity contribution is 6.36. The maximum Gasteiger partial charge on any atom is 0.251 e. The number of carbonyl (C=O) groups excluding carboxylic acids is 2. The number of hydrogen-bond donors (Lipinski definition) is 3. The van der Waals surface area contributed by atoms with Gasteiger partial charge in [0.15, 0.2) is 5.78 Å². The van der Waals surface area contributed by atoms with E-state index in [1.807, 2.05) is 0 Å². The molecule has 4 N–H and O–H groups in total. The van der Waals surface area contributed by atoms with Crippen molar-refractivity contribution < 1.29 is 9.59 Å². The highest BCUT2D eigenvalue weighted by Crippen LogP contribution is 2.26. The van der Waals surface area contributed by atoms with E-state index in [2.05, 4.69) is 10.7 Å². The molecule has 1 heterocycles. The van der Waals surface area contributed by atoms with Gasteiger partial charge in [-0.15, -0.1) is 0 Å². The smallest absolute Gasteiger partial charge is 0.251 e. The Morgan fingerprint density at radius 3 is 2.74 bits per heavy atom. The lowest BCUT2D eigenvalue weighted by molar-refractivity contribution is -0.122. The van der Waals surface area contributed by atoms with Gasteiger partial charge < -0.3 is 5.32 Å². The first-order chi connectivity index (χ1) is 9.02. The number of Topliss-reactive ketones (excluding diaryl/α,β-unsaturated/α-hetero) is 1. The third kappa shape index (κ3) is 3.06. The van der Waals surface area contributed by atoms with Crippen molar-refractivity contribution >= 4 is 34.9 Å². The first kappa shape index (κ1) is 14.3. The van der Waals surface area contributed by atoms with Crippen molar-refractivity contribution in [2.75, 3.05) is 6.54 Å². The molecule has 2 atom stereocenters. The summed E-state index contributed by atoms with van der Waals surface area (Å²) in [5.74, 6) is 4.36. The van der Waals surface area contributed by atoms with Crippen molar-refractivity contribution in [3.05, 3.63) is 33.8 Å². The Balaban J connectivity index is 2.11. The monoisotopic (exact) mass is 301 g/mol. The van der Waals surface area contributed by atoms with Crippen LogP contribution in [0, 0.1) is 5.92 Å². The molecule has 19 heavy (non-hydrogen) atoms. The molecule has 1 aliphatic rings. The van der Waals surface area contributed by atoms with E-state index in [0.29, 0.717) is 28.6 Å². The van der Waals surface area contributed by atoms with Crippen LogP contribution in [0.2, 0.25) is 10.0 Å². The molecule has 2 unspecified atom stereocenters. The van der Waals surface area contributed by atoms with Gasteiger partial charge in [0.1, 0.15) is 0 Å². The third-order valence-electron chi connectivity index (χ3n) is 3.16. The van der Waals surface area contributed by atoms with Gasteiger partial charge in [-0.3, -0.25) is 15.0 Å². The van der Waals surface area contributed by atoms with Crippen molar-refractivity contribution in [1.82, 2.24) is 10.7 Å². The first-order valence-electron chi connectivity index (χ1n) is 5.76. The lowest BCUT2D eigenvalue weighted by atomic mass is 9.95. The minimum absolute atomic E-state index is 0.0958. The van der Waals surface area contributed by atoms with Crippen molar-refractivity contribution in [2.45, 2.75) is 12.5 Å². The van der Waals surface area contributed by atoms with Crippen LogP contribution in [0.4, 0.5) is 0 Å². The Morgan fingerprint density at radius 1 is 1.37 bits per heavy atom. The standard InChI is InChI=1S/C12H13Cl2N3O2/c13-7-1-2-8(9(14)4-7)11(18)6-3-10(16-5-6)12(19)17-15/h1-2,4,6,10,16H,3,5,15H2,(H,17,19). The number of nitrogens with one attached hydrogen (secondary N) is 2. The van der Waals surface area contributed by atoms with Crippen LogP contribution in [0.1, 0.15) is 16.8 Å². The summed E-state index contributed by atoms with van der Waals surface area (Å²) in [6.45, 7) is 0.426. The van der Waals surface area contributed by atoms with E-state index in [4.69, 9.17) is 29.0 Å². The molecular formula is C12H13Cl2N3O2. The minimum Gasteiger partial charge on any atom is -0.305 e. The molecule has 7 heteroatoms. The summed E-state index contributed by atoms with van der Waals surface area (Å²) in [7, 11) is 0. The summed E-state index contributed by atoms with van der Waals surface area (Å²) in [5, 5.41) is 3.76. The maximum atomic E-state index is 12.3. The predicted octanol–water partition coefficient (Wildman–Crippen LogP) is 1.14. The molecule has 1 saturated heterocycles. The Hall–Kier alpha value is -1.14. The average Bonchev–Trinajstić information content (AvgIpc) is 2.86. The molecule has 0 radical (unpaired) electrons. The zero-order valence-corrected chi connectivity index (χ0v) is 11.5. The lowest BCUT2D eigenvalue weighted by Gasteiger charge is -2.10. The van der Waals surface area contributed by atoms with Crippen molar-refractivity contribution in [3.8, 4) is 0 Å². The second kappa shape index (κ2) is 5.88. The normalized spacial score (nSPS) is 22.3. The number of nitrogens with two attached hydrogens (primary N) is 1. The summed E-state index contributed by atoms with van der Waals surface area (Å²) in [6, 6.07) is 4.31. The van der Waals surface area contributed by atoms with Gasteiger partial charge >= 0.3 is 0 Å². The summed E-state index contributed by atoms with van der Waals surface area (Å²) >= 11 is 11.8. The Kier molecular flexibility index (Phi) is 4.42. The molecule has 1 amide bonds. The SMILES string of the molecule is NNC(=O)C1CC(C(=O)c2ccc(Cl)cc2Cl)CN1. The highest BCUT2D eigenvalue weighted by Gasteiger charge is 2.34. The average molecular weight is 302 g/mol. The molecule has 1 fully saturated rings. The van der Waals surface area contributed by atoms with E-state index in [1.54, 1.807) is 12.1 Å². The molecule has 102 valence electrons. The largest absolute Gasteiger partial charge is 0.305 e. The van der Waals surface area contributed by atoms with Crippen molar-refractivity contribution in [1.29, 1.82) is 0 Å². The van der Waals surface area contributed by atoms with E-state index < -0.39 is 6.04 Å². The minimum atomic E-state index is -0.440. The predicted molar refractivity (Wildman–Crippen MR) is 73.0 cm³/mol. The summed E-state index contributed by atoms with van der Waals surface area (Å²) < 4.78 is 0. The van der Waals surface area contributed by atoms with E-state index in [1.165, 1.54) is 6.07 Å². The Bertz CT molecular complexity index is 522. The maximum absolute atomic E-state index is 12.3. The zero-order valence-electron chi connectivity index (χ0n) is 9.95. The van der Waals surface area contributed by atoms with Gasteiger partial charge in [-0.1, -0.05) is 23.2 Å². The van der Waals surface area contributed by atoms with Gasteiger partial charge in [0, 0.05) is 23.0 Å². The number of amides is 1. The van der Waals surface area contributed by atoms with E-state index in [9.17, 15) is 9.59 Å². The van der Waals surface area contributed by atoms with E-state index >= 15 is 0 Å². The molecular weight excluding hydrogens is 289 g/mol.